The Labute approximate surface area is 233 Å². The van der Waals surface area contributed by atoms with Crippen molar-refractivity contribution in [3.63, 3.8) is 0 Å². The van der Waals surface area contributed by atoms with E-state index in [0.717, 1.165) is 46.9 Å². The Balaban J connectivity index is 1.46. The number of benzene rings is 3. The third kappa shape index (κ3) is 7.34. The van der Waals surface area contributed by atoms with Crippen LogP contribution in [0.4, 0.5) is 5.69 Å². The predicted molar refractivity (Wildman–Crippen MR) is 155 cm³/mol. The molecule has 0 saturated carbocycles. The molecule has 3 aromatic carbocycles. The quantitative estimate of drug-likeness (QED) is 0.220. The summed E-state index contributed by atoms with van der Waals surface area (Å²) in [5, 5.41) is 6.38. The van der Waals surface area contributed by atoms with Gasteiger partial charge in [-0.25, -0.2) is 4.98 Å². The minimum Gasteiger partial charge on any atom is -0.493 e. The van der Waals surface area contributed by atoms with Crippen molar-refractivity contribution in [1.29, 1.82) is 0 Å². The number of thiazole rings is 1. The van der Waals surface area contributed by atoms with E-state index in [0.29, 0.717) is 28.8 Å². The molecule has 4 aromatic rings. The molecule has 0 spiro atoms. The van der Waals surface area contributed by atoms with Gasteiger partial charge in [0, 0.05) is 29.2 Å². The van der Waals surface area contributed by atoms with E-state index >= 15 is 0 Å². The number of hydrogen-bond acceptors (Lipinski definition) is 6. The molecule has 1 heterocycles. The lowest BCUT2D eigenvalue weighted by Crippen LogP contribution is -2.25. The molecule has 38 heavy (non-hydrogen) atoms. The summed E-state index contributed by atoms with van der Waals surface area (Å²) >= 11 is 7.59. The maximum Gasteiger partial charge on any atom is 0.275 e. The van der Waals surface area contributed by atoms with Crippen molar-refractivity contribution >= 4 is 34.5 Å². The highest BCUT2D eigenvalue weighted by atomic mass is 35.5. The van der Waals surface area contributed by atoms with Crippen LogP contribution in [0.5, 0.6) is 11.5 Å². The maximum absolute atomic E-state index is 12.8. The van der Waals surface area contributed by atoms with Gasteiger partial charge in [0.15, 0.2) is 11.5 Å². The number of carbonyl (C=O) groups is 1. The third-order valence-corrected chi connectivity index (χ3v) is 7.48. The highest BCUT2D eigenvalue weighted by Gasteiger charge is 2.15. The van der Waals surface area contributed by atoms with E-state index in [1.54, 1.807) is 14.2 Å². The van der Waals surface area contributed by atoms with Crippen LogP contribution >= 0.6 is 22.9 Å². The largest absolute Gasteiger partial charge is 0.493 e. The van der Waals surface area contributed by atoms with E-state index in [2.05, 4.69) is 28.2 Å². The molecule has 0 fully saturated rings. The molecule has 0 aliphatic rings. The fourth-order valence-corrected chi connectivity index (χ4v) is 5.02. The monoisotopic (exact) mass is 549 g/mol. The smallest absolute Gasteiger partial charge is 0.275 e. The lowest BCUT2D eigenvalue weighted by Gasteiger charge is -2.22. The van der Waals surface area contributed by atoms with Crippen molar-refractivity contribution in [3.8, 4) is 11.5 Å². The highest BCUT2D eigenvalue weighted by molar-refractivity contribution is 7.09. The number of halogens is 1. The number of nitrogens with zero attached hydrogens (tertiary/aromatic N) is 2. The van der Waals surface area contributed by atoms with Crippen LogP contribution in [0.3, 0.4) is 0 Å². The molecule has 198 valence electrons. The average molecular weight is 550 g/mol. The minimum atomic E-state index is -0.203. The summed E-state index contributed by atoms with van der Waals surface area (Å²) in [6.07, 6.45) is 0.819. The van der Waals surface area contributed by atoms with Crippen molar-refractivity contribution in [2.75, 3.05) is 26.1 Å². The van der Waals surface area contributed by atoms with Crippen LogP contribution in [-0.2, 0) is 19.5 Å². The zero-order valence-electron chi connectivity index (χ0n) is 22.1. The summed E-state index contributed by atoms with van der Waals surface area (Å²) in [5.74, 6) is 1.22. The Bertz CT molecular complexity index is 1390. The molecule has 0 radical (unpaired) electrons. The molecular weight excluding hydrogens is 518 g/mol. The second-order valence-electron chi connectivity index (χ2n) is 9.16. The SMILES string of the molecule is COc1ccc(CCN(Cc2ccc(Cl)cc2)Cc2nc(C(=O)Nc3ccc(C)c(C)c3)cs2)cc1OC. The van der Waals surface area contributed by atoms with Crippen LogP contribution < -0.4 is 14.8 Å². The van der Waals surface area contributed by atoms with Gasteiger partial charge in [0.1, 0.15) is 10.7 Å². The molecule has 0 aliphatic carbocycles. The van der Waals surface area contributed by atoms with Gasteiger partial charge in [-0.3, -0.25) is 9.69 Å². The van der Waals surface area contributed by atoms with Gasteiger partial charge in [-0.05, 0) is 78.9 Å². The zero-order valence-corrected chi connectivity index (χ0v) is 23.7. The molecule has 6 nitrogen and oxygen atoms in total. The third-order valence-electron chi connectivity index (χ3n) is 6.39. The number of nitrogens with one attached hydrogen (secondary N) is 1. The molecule has 4 rings (SSSR count). The second-order valence-corrected chi connectivity index (χ2v) is 10.5. The molecule has 0 atom stereocenters. The highest BCUT2D eigenvalue weighted by Crippen LogP contribution is 2.28. The minimum absolute atomic E-state index is 0.203. The Morgan fingerprint density at radius 3 is 2.37 bits per heavy atom. The average Bonchev–Trinajstić information content (AvgIpc) is 3.39. The van der Waals surface area contributed by atoms with Gasteiger partial charge in [-0.1, -0.05) is 35.9 Å². The molecule has 1 aromatic heterocycles. The fourth-order valence-electron chi connectivity index (χ4n) is 4.08. The van der Waals surface area contributed by atoms with Crippen LogP contribution in [0.25, 0.3) is 0 Å². The van der Waals surface area contributed by atoms with Crippen molar-refractivity contribution in [2.45, 2.75) is 33.4 Å². The van der Waals surface area contributed by atoms with Gasteiger partial charge in [-0.15, -0.1) is 11.3 Å². The van der Waals surface area contributed by atoms with E-state index < -0.39 is 0 Å². The van der Waals surface area contributed by atoms with Gasteiger partial charge in [-0.2, -0.15) is 0 Å². The van der Waals surface area contributed by atoms with Gasteiger partial charge < -0.3 is 14.8 Å². The lowest BCUT2D eigenvalue weighted by atomic mass is 10.1. The van der Waals surface area contributed by atoms with E-state index in [4.69, 9.17) is 21.1 Å². The van der Waals surface area contributed by atoms with Gasteiger partial charge >= 0.3 is 0 Å². The van der Waals surface area contributed by atoms with Crippen LogP contribution in [0, 0.1) is 13.8 Å². The molecule has 0 saturated heterocycles. The summed E-state index contributed by atoms with van der Waals surface area (Å²) in [6.45, 7) is 6.23. The van der Waals surface area contributed by atoms with E-state index in [1.807, 2.05) is 66.9 Å². The first kappa shape index (κ1) is 27.6. The lowest BCUT2D eigenvalue weighted by molar-refractivity contribution is 0.102. The fraction of sp³-hybridized carbons (Fsp3) is 0.267. The van der Waals surface area contributed by atoms with Gasteiger partial charge in [0.05, 0.1) is 20.8 Å². The molecule has 0 aliphatic heterocycles. The van der Waals surface area contributed by atoms with E-state index in [-0.39, 0.29) is 5.91 Å². The second kappa shape index (κ2) is 12.9. The van der Waals surface area contributed by atoms with Crippen LogP contribution in [0.2, 0.25) is 5.02 Å². The molecule has 0 unspecified atom stereocenters. The molecular formula is C30H32ClN3O3S. The van der Waals surface area contributed by atoms with Crippen molar-refractivity contribution in [3.05, 3.63) is 104 Å². The molecule has 1 amide bonds. The number of rotatable bonds is 11. The van der Waals surface area contributed by atoms with Crippen molar-refractivity contribution in [1.82, 2.24) is 9.88 Å². The zero-order chi connectivity index (χ0) is 27.1. The Morgan fingerprint density at radius 2 is 1.66 bits per heavy atom. The number of anilines is 1. The molecule has 8 heteroatoms. The molecule has 1 N–H and O–H groups in total. The van der Waals surface area contributed by atoms with Crippen LogP contribution in [0.15, 0.2) is 66.0 Å². The predicted octanol–water partition coefficient (Wildman–Crippen LogP) is 6.93. The molecule has 0 bridgehead atoms. The van der Waals surface area contributed by atoms with Crippen molar-refractivity contribution in [2.24, 2.45) is 0 Å². The number of carbonyl (C=O) groups excluding carboxylic acids is 1. The number of aromatic nitrogens is 1. The summed E-state index contributed by atoms with van der Waals surface area (Å²) in [5.41, 5.74) is 5.82. The Morgan fingerprint density at radius 1 is 0.921 bits per heavy atom. The number of ether oxygens (including phenoxy) is 2. The first-order valence-corrected chi connectivity index (χ1v) is 13.6. The maximum atomic E-state index is 12.8. The topological polar surface area (TPSA) is 63.7 Å². The van der Waals surface area contributed by atoms with Crippen LogP contribution in [0.1, 0.15) is 37.7 Å². The standard InChI is InChI=1S/C30H32ClN3O3S/c1-20-5-11-25(15-21(20)2)32-30(35)26-19-38-29(33-26)18-34(17-23-6-9-24(31)10-7-23)14-13-22-8-12-27(36-3)28(16-22)37-4/h5-12,15-16,19H,13-14,17-18H2,1-4H3,(H,32,35). The first-order valence-electron chi connectivity index (χ1n) is 12.4. The number of hydrogen-bond donors (Lipinski definition) is 1. The van der Waals surface area contributed by atoms with Crippen LogP contribution in [-0.4, -0.2) is 36.6 Å². The Kier molecular flexibility index (Phi) is 9.39. The van der Waals surface area contributed by atoms with E-state index in [1.165, 1.54) is 16.9 Å². The number of amides is 1. The van der Waals surface area contributed by atoms with Gasteiger partial charge in [0.25, 0.3) is 5.91 Å². The normalized spacial score (nSPS) is 11.0. The number of methoxy groups -OCH3 is 2. The summed E-state index contributed by atoms with van der Waals surface area (Å²) < 4.78 is 10.8. The first-order chi connectivity index (χ1) is 18.3. The summed E-state index contributed by atoms with van der Waals surface area (Å²) in [6, 6.07) is 19.8. The number of aryl methyl sites for hydroxylation is 2. The summed E-state index contributed by atoms with van der Waals surface area (Å²) in [4.78, 5) is 19.8. The summed E-state index contributed by atoms with van der Waals surface area (Å²) in [7, 11) is 3.28. The van der Waals surface area contributed by atoms with Crippen molar-refractivity contribution < 1.29 is 14.3 Å². The Hall–Kier alpha value is -3.39. The van der Waals surface area contributed by atoms with E-state index in [9.17, 15) is 4.79 Å². The van der Waals surface area contributed by atoms with Gasteiger partial charge in [0.2, 0.25) is 0 Å².